The zero-order chi connectivity index (χ0) is 42.4. The second-order valence-electron chi connectivity index (χ2n) is 15.7. The minimum atomic E-state index is -0.0699. The van der Waals surface area contributed by atoms with E-state index in [0.717, 1.165) is 140 Å². The summed E-state index contributed by atoms with van der Waals surface area (Å²) in [5.74, 6) is 0. The van der Waals surface area contributed by atoms with E-state index in [2.05, 4.69) is 96.9 Å². The summed E-state index contributed by atoms with van der Waals surface area (Å²) in [5, 5.41) is 21.3. The molecular weight excluding hydrogens is 823 g/mol. The highest BCUT2D eigenvalue weighted by molar-refractivity contribution is 6.35. The van der Waals surface area contributed by atoms with Crippen molar-refractivity contribution in [3.8, 4) is 0 Å². The highest BCUT2D eigenvalue weighted by Crippen LogP contribution is 2.31. The Morgan fingerprint density at radius 2 is 1.24 bits per heavy atom. The molecule has 10 rings (SSSR count). The van der Waals surface area contributed by atoms with Crippen LogP contribution in [-0.2, 0) is 22.3 Å². The fraction of sp³-hybridized carbons (Fsp3) is 0.348. The summed E-state index contributed by atoms with van der Waals surface area (Å²) in [6.07, 6.45) is 10.6. The Morgan fingerprint density at radius 1 is 0.645 bits per heavy atom. The van der Waals surface area contributed by atoms with Gasteiger partial charge in [-0.25, -0.2) is 19.0 Å². The first-order chi connectivity index (χ1) is 30.4. The molecule has 6 aromatic heterocycles. The van der Waals surface area contributed by atoms with Crippen molar-refractivity contribution in [1.29, 1.82) is 0 Å². The molecule has 2 atom stereocenters. The number of hydrogen-bond donors (Lipinski definition) is 2. The van der Waals surface area contributed by atoms with Crippen LogP contribution in [0.15, 0.2) is 97.7 Å². The number of nitrogens with zero attached hydrogens (tertiary/aromatic N) is 10. The number of aromatic nitrogens is 8. The number of benzene rings is 2. The Bertz CT molecular complexity index is 2790. The van der Waals surface area contributed by atoms with Crippen LogP contribution < -0.4 is 10.6 Å². The first-order valence-corrected chi connectivity index (χ1v) is 22.0. The number of morpholine rings is 2. The number of nitrogens with one attached hydrogen (secondary N) is 2. The van der Waals surface area contributed by atoms with Crippen molar-refractivity contribution >= 4 is 67.4 Å². The Balaban J connectivity index is 0.000000158. The van der Waals surface area contributed by atoms with Crippen molar-refractivity contribution in [2.45, 2.75) is 38.8 Å². The van der Waals surface area contributed by atoms with Crippen LogP contribution in [0.3, 0.4) is 0 Å². The molecule has 2 N–H and O–H groups in total. The monoisotopic (exact) mass is 872 g/mol. The lowest BCUT2D eigenvalue weighted by atomic mass is 10.0. The maximum atomic E-state index is 6.59. The molecule has 8 heterocycles. The number of imidazole rings is 2. The minimum Gasteiger partial charge on any atom is -0.379 e. The van der Waals surface area contributed by atoms with Crippen LogP contribution in [0.4, 0.5) is 11.4 Å². The van der Waals surface area contributed by atoms with Gasteiger partial charge in [-0.1, -0.05) is 59.6 Å². The van der Waals surface area contributed by atoms with Gasteiger partial charge >= 0.3 is 0 Å². The zero-order valence-corrected chi connectivity index (χ0v) is 36.4. The molecule has 2 aliphatic heterocycles. The maximum Gasteiger partial charge on any atom is 0.177 e. The quantitative estimate of drug-likeness (QED) is 0.123. The van der Waals surface area contributed by atoms with Crippen LogP contribution in [0.2, 0.25) is 10.2 Å². The fourth-order valence-corrected chi connectivity index (χ4v) is 8.69. The number of ether oxygens (including phenoxy) is 2. The molecule has 16 heteroatoms. The van der Waals surface area contributed by atoms with Gasteiger partial charge in [0.1, 0.15) is 0 Å². The van der Waals surface area contributed by atoms with Crippen molar-refractivity contribution in [3.63, 3.8) is 0 Å². The van der Waals surface area contributed by atoms with E-state index in [1.807, 2.05) is 24.4 Å². The summed E-state index contributed by atoms with van der Waals surface area (Å²) in [6, 6.07) is 22.5. The molecule has 0 unspecified atom stereocenters. The van der Waals surface area contributed by atoms with Crippen LogP contribution in [0.25, 0.3) is 32.8 Å². The van der Waals surface area contributed by atoms with Crippen LogP contribution in [0, 0.1) is 0 Å². The van der Waals surface area contributed by atoms with E-state index in [4.69, 9.17) is 42.6 Å². The molecule has 0 radical (unpaired) electrons. The fourth-order valence-electron chi connectivity index (χ4n) is 8.21. The number of hydrogen-bond acceptors (Lipinski definition) is 12. The Kier molecular flexibility index (Phi) is 13.0. The molecule has 0 spiro atoms. The van der Waals surface area contributed by atoms with E-state index in [9.17, 15) is 0 Å². The van der Waals surface area contributed by atoms with Gasteiger partial charge in [0.15, 0.2) is 16.4 Å². The van der Waals surface area contributed by atoms with Gasteiger partial charge in [-0.05, 0) is 48.9 Å². The second-order valence-corrected chi connectivity index (χ2v) is 16.5. The summed E-state index contributed by atoms with van der Waals surface area (Å²) in [4.78, 5) is 23.8. The molecule has 62 heavy (non-hydrogen) atoms. The van der Waals surface area contributed by atoms with Gasteiger partial charge in [-0.3, -0.25) is 19.8 Å². The van der Waals surface area contributed by atoms with Crippen LogP contribution in [0.1, 0.15) is 48.7 Å². The lowest BCUT2D eigenvalue weighted by molar-refractivity contribution is 0.0383. The van der Waals surface area contributed by atoms with Gasteiger partial charge in [0, 0.05) is 99.4 Å². The van der Waals surface area contributed by atoms with Crippen molar-refractivity contribution in [1.82, 2.24) is 49.0 Å². The molecular formula is C46H50Cl2N12O2. The lowest BCUT2D eigenvalue weighted by Crippen LogP contribution is -2.37. The zero-order valence-electron chi connectivity index (χ0n) is 34.9. The average Bonchev–Trinajstić information content (AvgIpc) is 3.99. The summed E-state index contributed by atoms with van der Waals surface area (Å²) < 4.78 is 14.4. The number of anilines is 2. The number of pyridine rings is 2. The number of rotatable bonds is 12. The molecule has 2 fully saturated rings. The normalized spacial score (nSPS) is 16.1. The molecule has 2 saturated heterocycles. The van der Waals surface area contributed by atoms with Gasteiger partial charge < -0.3 is 20.1 Å². The molecule has 0 bridgehead atoms. The van der Waals surface area contributed by atoms with Crippen molar-refractivity contribution in [2.75, 3.05) is 76.3 Å². The standard InChI is InChI=1S/C23H24Cl2N6O.C23H26N6O/c1-15(27-20-14-21(25)29-31-8-6-26-23(20)31)19-13-16-3-2-4-17(24)22(16)18(28-19)5-7-30-9-11-32-12-10-30;1-17(26-21-6-8-25-29-11-9-24-23(21)29)22-16-18-4-2-3-5-19(18)20(27-22)7-10-28-12-14-30-15-13-28/h2-4,6,8,13-15,27H,5,7,9-12H2,1H3;2-6,8-9,11,16-17,26H,7,10,12-15H2,1H3/t15-;17-/m00/s1. The van der Waals surface area contributed by atoms with Crippen LogP contribution >= 0.6 is 23.2 Å². The van der Waals surface area contributed by atoms with Gasteiger partial charge in [-0.15, -0.1) is 0 Å². The summed E-state index contributed by atoms with van der Waals surface area (Å²) >= 11 is 12.8. The van der Waals surface area contributed by atoms with Crippen LogP contribution in [-0.4, -0.2) is 115 Å². The van der Waals surface area contributed by atoms with E-state index in [1.165, 1.54) is 10.8 Å². The molecule has 14 nitrogen and oxygen atoms in total. The summed E-state index contributed by atoms with van der Waals surface area (Å²) in [5.41, 5.74) is 7.44. The predicted molar refractivity (Wildman–Crippen MR) is 245 cm³/mol. The third-order valence-electron chi connectivity index (χ3n) is 11.5. The van der Waals surface area contributed by atoms with Gasteiger partial charge in [-0.2, -0.15) is 10.2 Å². The molecule has 0 aliphatic carbocycles. The van der Waals surface area contributed by atoms with Gasteiger partial charge in [0.2, 0.25) is 0 Å². The Hall–Kier alpha value is -5.48. The van der Waals surface area contributed by atoms with E-state index in [-0.39, 0.29) is 12.1 Å². The second kappa shape index (κ2) is 19.3. The molecule has 2 aliphatic rings. The van der Waals surface area contributed by atoms with E-state index in [0.29, 0.717) is 5.15 Å². The minimum absolute atomic E-state index is 0.0413. The largest absolute Gasteiger partial charge is 0.379 e. The van der Waals surface area contributed by atoms with E-state index < -0.39 is 0 Å². The third kappa shape index (κ3) is 9.60. The topological polar surface area (TPSA) is 135 Å². The highest BCUT2D eigenvalue weighted by Gasteiger charge is 2.19. The molecule has 0 saturated carbocycles. The first kappa shape index (κ1) is 41.9. The summed E-state index contributed by atoms with van der Waals surface area (Å²) in [7, 11) is 0. The predicted octanol–water partition coefficient (Wildman–Crippen LogP) is 7.96. The van der Waals surface area contributed by atoms with Crippen molar-refractivity contribution in [2.24, 2.45) is 0 Å². The summed E-state index contributed by atoms with van der Waals surface area (Å²) in [6.45, 7) is 13.3. The number of fused-ring (bicyclic) bond motifs is 4. The highest BCUT2D eigenvalue weighted by atomic mass is 35.5. The SMILES string of the molecule is C[C@H](Nc1cc(Cl)nn2ccnc12)c1cc2cccc(Cl)c2c(CCN2CCOCC2)n1.C[C@H](Nc1ccnn2ccnc12)c1cc2ccccc2c(CCN2CCOCC2)n1. The average molecular weight is 874 g/mol. The Morgan fingerprint density at radius 3 is 1.97 bits per heavy atom. The van der Waals surface area contributed by atoms with Crippen molar-refractivity contribution in [3.05, 3.63) is 131 Å². The van der Waals surface area contributed by atoms with Crippen LogP contribution in [0.5, 0.6) is 0 Å². The van der Waals surface area contributed by atoms with Gasteiger partial charge in [0.05, 0.1) is 78.2 Å². The molecule has 320 valence electrons. The Labute approximate surface area is 370 Å². The lowest BCUT2D eigenvalue weighted by Gasteiger charge is -2.26. The molecule has 8 aromatic rings. The van der Waals surface area contributed by atoms with E-state index >= 15 is 0 Å². The molecule has 0 amide bonds. The smallest absolute Gasteiger partial charge is 0.177 e. The first-order valence-electron chi connectivity index (χ1n) is 21.2. The maximum absolute atomic E-state index is 6.59. The number of halogens is 2. The third-order valence-corrected chi connectivity index (χ3v) is 12.0. The molecule has 2 aromatic carbocycles. The van der Waals surface area contributed by atoms with E-state index in [1.54, 1.807) is 39.9 Å². The van der Waals surface area contributed by atoms with Crippen molar-refractivity contribution < 1.29 is 9.47 Å². The van der Waals surface area contributed by atoms with Gasteiger partial charge in [0.25, 0.3) is 0 Å².